The van der Waals surface area contributed by atoms with Crippen molar-refractivity contribution in [3.8, 4) is 5.75 Å². The van der Waals surface area contributed by atoms with Crippen molar-refractivity contribution in [2.24, 2.45) is 0 Å². The molecule has 8 heteroatoms. The third-order valence-corrected chi connectivity index (χ3v) is 4.73. The fraction of sp³-hybridized carbons (Fsp3) is 0.357. The Morgan fingerprint density at radius 2 is 2.27 bits per heavy atom. The first-order valence-corrected chi connectivity index (χ1v) is 8.99. The third kappa shape index (κ3) is 4.86. The number of amides is 1. The first kappa shape index (κ1) is 17.1. The summed E-state index contributed by atoms with van der Waals surface area (Å²) in [6, 6.07) is 6.98. The highest BCUT2D eigenvalue weighted by Crippen LogP contribution is 2.25. The van der Waals surface area contributed by atoms with Crippen molar-refractivity contribution in [1.29, 1.82) is 0 Å². The number of benzene rings is 1. The third-order valence-electron chi connectivity index (χ3n) is 2.64. The smallest absolute Gasteiger partial charge is 0.267 e. The zero-order chi connectivity index (χ0) is 15.9. The van der Waals surface area contributed by atoms with Crippen molar-refractivity contribution in [2.45, 2.75) is 30.7 Å². The van der Waals surface area contributed by atoms with Gasteiger partial charge in [-0.15, -0.1) is 10.2 Å². The van der Waals surface area contributed by atoms with Crippen molar-refractivity contribution >= 4 is 45.7 Å². The van der Waals surface area contributed by atoms with Gasteiger partial charge >= 0.3 is 0 Å². The van der Waals surface area contributed by atoms with Crippen molar-refractivity contribution in [1.82, 2.24) is 10.2 Å². The zero-order valence-electron chi connectivity index (χ0n) is 12.2. The highest BCUT2D eigenvalue weighted by Gasteiger charge is 2.20. The van der Waals surface area contributed by atoms with Gasteiger partial charge in [0.05, 0.1) is 0 Å². The molecule has 1 aromatic carbocycles. The van der Waals surface area contributed by atoms with E-state index in [9.17, 15) is 4.79 Å². The van der Waals surface area contributed by atoms with Crippen LogP contribution in [-0.2, 0) is 4.79 Å². The first-order chi connectivity index (χ1) is 10.6. The van der Waals surface area contributed by atoms with Gasteiger partial charge in [0.25, 0.3) is 5.91 Å². The summed E-state index contributed by atoms with van der Waals surface area (Å²) in [5.41, 5.74) is 0. The van der Waals surface area contributed by atoms with Gasteiger partial charge in [0, 0.05) is 5.02 Å². The number of halogens is 1. The standard InChI is InChI=1S/C14H16ClN3O2S2/c1-3-11(20-10-7-5-6-9(15)8-10)12(19)16-13-17-18-14(22-13)21-4-2/h5-8,11H,3-4H2,1-2H3,(H,16,17,19)/t11-/m1/s1. The molecule has 22 heavy (non-hydrogen) atoms. The molecule has 0 aliphatic carbocycles. The Morgan fingerprint density at radius 1 is 1.45 bits per heavy atom. The van der Waals surface area contributed by atoms with Crippen LogP contribution in [-0.4, -0.2) is 28.0 Å². The summed E-state index contributed by atoms with van der Waals surface area (Å²) in [5.74, 6) is 1.23. The van der Waals surface area contributed by atoms with Crippen molar-refractivity contribution in [2.75, 3.05) is 11.1 Å². The number of nitrogens with one attached hydrogen (secondary N) is 1. The number of hydrogen-bond acceptors (Lipinski definition) is 6. The molecule has 5 nitrogen and oxygen atoms in total. The van der Waals surface area contributed by atoms with E-state index < -0.39 is 6.10 Å². The molecule has 1 N–H and O–H groups in total. The number of carbonyl (C=O) groups excluding carboxylic acids is 1. The molecule has 0 fully saturated rings. The molecule has 1 heterocycles. The molecule has 1 amide bonds. The van der Waals surface area contributed by atoms with E-state index in [1.54, 1.807) is 36.0 Å². The second kappa shape index (κ2) is 8.36. The molecule has 0 spiro atoms. The summed E-state index contributed by atoms with van der Waals surface area (Å²) < 4.78 is 6.52. The van der Waals surface area contributed by atoms with Crippen LogP contribution >= 0.6 is 34.7 Å². The normalized spacial score (nSPS) is 12.0. The van der Waals surface area contributed by atoms with E-state index in [4.69, 9.17) is 16.3 Å². The van der Waals surface area contributed by atoms with E-state index in [1.165, 1.54) is 11.3 Å². The molecule has 2 aromatic rings. The summed E-state index contributed by atoms with van der Waals surface area (Å²) in [6.07, 6.45) is -0.0714. The van der Waals surface area contributed by atoms with Gasteiger partial charge in [-0.2, -0.15) is 0 Å². The lowest BCUT2D eigenvalue weighted by Gasteiger charge is -2.16. The average molecular weight is 358 g/mol. The van der Waals surface area contributed by atoms with Gasteiger partial charge in [-0.1, -0.05) is 54.6 Å². The average Bonchev–Trinajstić information content (AvgIpc) is 2.92. The van der Waals surface area contributed by atoms with Crippen molar-refractivity contribution in [3.63, 3.8) is 0 Å². The minimum Gasteiger partial charge on any atom is -0.481 e. The lowest BCUT2D eigenvalue weighted by atomic mass is 10.2. The number of nitrogens with zero attached hydrogens (tertiary/aromatic N) is 2. The molecule has 0 saturated heterocycles. The van der Waals surface area contributed by atoms with Crippen LogP contribution in [0, 0.1) is 0 Å². The predicted octanol–water partition coefficient (Wildman–Crippen LogP) is 4.10. The van der Waals surface area contributed by atoms with Crippen LogP contribution in [0.3, 0.4) is 0 Å². The van der Waals surface area contributed by atoms with E-state index in [2.05, 4.69) is 15.5 Å². The van der Waals surface area contributed by atoms with Crippen LogP contribution in [0.15, 0.2) is 28.6 Å². The Morgan fingerprint density at radius 3 is 2.95 bits per heavy atom. The summed E-state index contributed by atoms with van der Waals surface area (Å²) in [7, 11) is 0. The second-order valence-electron chi connectivity index (χ2n) is 4.27. The Hall–Kier alpha value is -1.31. The van der Waals surface area contributed by atoms with Crippen LogP contribution in [0.25, 0.3) is 0 Å². The van der Waals surface area contributed by atoms with Crippen LogP contribution in [0.5, 0.6) is 5.75 Å². The molecule has 1 atom stereocenters. The Kier molecular flexibility index (Phi) is 6.48. The maximum absolute atomic E-state index is 12.3. The highest BCUT2D eigenvalue weighted by molar-refractivity contribution is 8.01. The molecule has 0 aliphatic rings. The molecule has 0 unspecified atom stereocenters. The number of anilines is 1. The van der Waals surface area contributed by atoms with Crippen LogP contribution < -0.4 is 10.1 Å². The number of aromatic nitrogens is 2. The Bertz CT molecular complexity index is 636. The van der Waals surface area contributed by atoms with Crippen molar-refractivity contribution < 1.29 is 9.53 Å². The van der Waals surface area contributed by atoms with Crippen LogP contribution in [0.2, 0.25) is 5.02 Å². The van der Waals surface area contributed by atoms with Gasteiger partial charge in [0.15, 0.2) is 10.4 Å². The molecule has 1 aromatic heterocycles. The largest absolute Gasteiger partial charge is 0.481 e. The lowest BCUT2D eigenvalue weighted by Crippen LogP contribution is -2.32. The molecule has 0 aliphatic heterocycles. The number of carbonyl (C=O) groups is 1. The molecule has 2 rings (SSSR count). The molecule has 0 bridgehead atoms. The van der Waals surface area contributed by atoms with Gasteiger partial charge in [-0.25, -0.2) is 0 Å². The quantitative estimate of drug-likeness (QED) is 0.597. The monoisotopic (exact) mass is 357 g/mol. The Balaban J connectivity index is 1.98. The van der Waals surface area contributed by atoms with E-state index in [0.29, 0.717) is 22.3 Å². The SMILES string of the molecule is CCSc1nnc(NC(=O)[C@@H](CC)Oc2cccc(Cl)c2)s1. The number of hydrogen-bond donors (Lipinski definition) is 1. The number of thioether (sulfide) groups is 1. The van der Waals surface area contributed by atoms with Gasteiger partial charge in [-0.05, 0) is 30.4 Å². The minimum atomic E-state index is -0.607. The summed E-state index contributed by atoms with van der Waals surface area (Å²) >= 11 is 8.86. The lowest BCUT2D eigenvalue weighted by molar-refractivity contribution is -0.122. The Labute approximate surface area is 142 Å². The van der Waals surface area contributed by atoms with Gasteiger partial charge in [0.2, 0.25) is 5.13 Å². The molecular formula is C14H16ClN3O2S2. The fourth-order valence-corrected chi connectivity index (χ4v) is 3.49. The van der Waals surface area contributed by atoms with Crippen molar-refractivity contribution in [3.05, 3.63) is 29.3 Å². The molecular weight excluding hydrogens is 342 g/mol. The van der Waals surface area contributed by atoms with Crippen LogP contribution in [0.1, 0.15) is 20.3 Å². The maximum Gasteiger partial charge on any atom is 0.267 e. The van der Waals surface area contributed by atoms with E-state index >= 15 is 0 Å². The first-order valence-electron chi connectivity index (χ1n) is 6.81. The summed E-state index contributed by atoms with van der Waals surface area (Å²) in [6.45, 7) is 3.92. The molecule has 118 valence electrons. The van der Waals surface area contributed by atoms with Gasteiger partial charge in [0.1, 0.15) is 5.75 Å². The zero-order valence-corrected chi connectivity index (χ0v) is 14.6. The number of ether oxygens (including phenoxy) is 1. The van der Waals surface area contributed by atoms with E-state index in [1.807, 2.05) is 13.8 Å². The second-order valence-corrected chi connectivity index (χ2v) is 7.19. The number of rotatable bonds is 7. The molecule has 0 saturated carbocycles. The minimum absolute atomic E-state index is 0.244. The predicted molar refractivity (Wildman–Crippen MR) is 91.1 cm³/mol. The fourth-order valence-electron chi connectivity index (χ4n) is 1.65. The maximum atomic E-state index is 12.3. The molecule has 0 radical (unpaired) electrons. The van der Waals surface area contributed by atoms with Crippen LogP contribution in [0.4, 0.5) is 5.13 Å². The van der Waals surface area contributed by atoms with Gasteiger partial charge < -0.3 is 4.74 Å². The topological polar surface area (TPSA) is 64.1 Å². The summed E-state index contributed by atoms with van der Waals surface area (Å²) in [4.78, 5) is 12.3. The highest BCUT2D eigenvalue weighted by atomic mass is 35.5. The summed E-state index contributed by atoms with van der Waals surface area (Å²) in [5, 5.41) is 11.7. The van der Waals surface area contributed by atoms with E-state index in [0.717, 1.165) is 10.1 Å². The van der Waals surface area contributed by atoms with E-state index in [-0.39, 0.29) is 5.91 Å². The van der Waals surface area contributed by atoms with Gasteiger partial charge in [-0.3, -0.25) is 10.1 Å².